The minimum Gasteiger partial charge on any atom is -0.489 e. The number of hydrogen-bond donors (Lipinski definition) is 0. The van der Waals surface area contributed by atoms with E-state index in [1.165, 1.54) is 7.11 Å². The van der Waals surface area contributed by atoms with Crippen LogP contribution in [-0.2, 0) is 27.3 Å². The van der Waals surface area contributed by atoms with Gasteiger partial charge in [0.1, 0.15) is 18.0 Å². The molecule has 0 spiro atoms. The minimum atomic E-state index is -0.555. The molecule has 5 nitrogen and oxygen atoms in total. The monoisotopic (exact) mass is 356 g/mol. The van der Waals surface area contributed by atoms with E-state index in [4.69, 9.17) is 9.47 Å². The van der Waals surface area contributed by atoms with Crippen LogP contribution in [0, 0.1) is 0 Å². The SMILES string of the molecule is COC(=O)Cc1ccc(OCc2ccccc2C(=O)OC(C)(C)C)cc1. The summed E-state index contributed by atoms with van der Waals surface area (Å²) in [6.07, 6.45) is 0.220. The van der Waals surface area contributed by atoms with E-state index < -0.39 is 5.60 Å². The van der Waals surface area contributed by atoms with Gasteiger partial charge in [-0.3, -0.25) is 4.79 Å². The van der Waals surface area contributed by atoms with Crippen LogP contribution in [0.4, 0.5) is 0 Å². The molecule has 0 aliphatic rings. The Morgan fingerprint density at radius 2 is 1.62 bits per heavy atom. The summed E-state index contributed by atoms with van der Waals surface area (Å²) in [6.45, 7) is 5.74. The number of benzene rings is 2. The molecule has 2 rings (SSSR count). The largest absolute Gasteiger partial charge is 0.489 e. The number of methoxy groups -OCH3 is 1. The van der Waals surface area contributed by atoms with Crippen molar-refractivity contribution in [3.63, 3.8) is 0 Å². The van der Waals surface area contributed by atoms with Crippen LogP contribution in [0.15, 0.2) is 48.5 Å². The smallest absolute Gasteiger partial charge is 0.339 e. The van der Waals surface area contributed by atoms with Gasteiger partial charge >= 0.3 is 11.9 Å². The molecule has 0 saturated heterocycles. The van der Waals surface area contributed by atoms with E-state index in [-0.39, 0.29) is 25.0 Å². The molecule has 0 amide bonds. The Morgan fingerprint density at radius 1 is 0.962 bits per heavy atom. The number of rotatable bonds is 6. The molecule has 0 unspecified atom stereocenters. The highest BCUT2D eigenvalue weighted by Gasteiger charge is 2.20. The van der Waals surface area contributed by atoms with Crippen molar-refractivity contribution < 1.29 is 23.8 Å². The minimum absolute atomic E-state index is 0.220. The van der Waals surface area contributed by atoms with Crippen molar-refractivity contribution in [1.82, 2.24) is 0 Å². The van der Waals surface area contributed by atoms with Gasteiger partial charge < -0.3 is 14.2 Å². The zero-order valence-corrected chi connectivity index (χ0v) is 15.6. The summed E-state index contributed by atoms with van der Waals surface area (Å²) in [7, 11) is 1.36. The first-order valence-corrected chi connectivity index (χ1v) is 8.38. The highest BCUT2D eigenvalue weighted by atomic mass is 16.6. The van der Waals surface area contributed by atoms with Gasteiger partial charge in [0.15, 0.2) is 0 Å². The van der Waals surface area contributed by atoms with Gasteiger partial charge in [-0.25, -0.2) is 4.79 Å². The molecule has 0 aromatic heterocycles. The van der Waals surface area contributed by atoms with Gasteiger partial charge in [-0.05, 0) is 44.5 Å². The lowest BCUT2D eigenvalue weighted by atomic mass is 10.1. The second-order valence-corrected chi connectivity index (χ2v) is 6.84. The number of carbonyl (C=O) groups excluding carboxylic acids is 2. The fourth-order valence-electron chi connectivity index (χ4n) is 2.28. The van der Waals surface area contributed by atoms with Crippen molar-refractivity contribution >= 4 is 11.9 Å². The zero-order valence-electron chi connectivity index (χ0n) is 15.6. The van der Waals surface area contributed by atoms with E-state index in [0.717, 1.165) is 11.1 Å². The molecule has 0 fully saturated rings. The summed E-state index contributed by atoms with van der Waals surface area (Å²) in [6, 6.07) is 14.4. The highest BCUT2D eigenvalue weighted by Crippen LogP contribution is 2.19. The topological polar surface area (TPSA) is 61.8 Å². The van der Waals surface area contributed by atoms with Gasteiger partial charge in [0.25, 0.3) is 0 Å². The quantitative estimate of drug-likeness (QED) is 0.734. The van der Waals surface area contributed by atoms with Gasteiger partial charge in [-0.15, -0.1) is 0 Å². The lowest BCUT2D eigenvalue weighted by Gasteiger charge is -2.20. The average Bonchev–Trinajstić information content (AvgIpc) is 2.60. The molecular formula is C21H24O5. The molecule has 26 heavy (non-hydrogen) atoms. The fraction of sp³-hybridized carbons (Fsp3) is 0.333. The predicted octanol–water partition coefficient (Wildman–Crippen LogP) is 3.94. The van der Waals surface area contributed by atoms with Crippen molar-refractivity contribution in [1.29, 1.82) is 0 Å². The van der Waals surface area contributed by atoms with Crippen LogP contribution >= 0.6 is 0 Å². The van der Waals surface area contributed by atoms with Crippen molar-refractivity contribution in [2.45, 2.75) is 39.4 Å². The lowest BCUT2D eigenvalue weighted by Crippen LogP contribution is -2.24. The maximum Gasteiger partial charge on any atom is 0.339 e. The molecule has 0 atom stereocenters. The Labute approximate surface area is 153 Å². The van der Waals surface area contributed by atoms with E-state index in [1.54, 1.807) is 24.3 Å². The van der Waals surface area contributed by atoms with Crippen LogP contribution in [0.2, 0.25) is 0 Å². The van der Waals surface area contributed by atoms with Gasteiger partial charge in [-0.2, -0.15) is 0 Å². The van der Waals surface area contributed by atoms with Gasteiger partial charge in [0, 0.05) is 5.56 Å². The average molecular weight is 356 g/mol. The van der Waals surface area contributed by atoms with E-state index in [1.807, 2.05) is 45.0 Å². The number of hydrogen-bond acceptors (Lipinski definition) is 5. The Kier molecular flexibility index (Phi) is 6.39. The van der Waals surface area contributed by atoms with E-state index in [0.29, 0.717) is 11.3 Å². The maximum absolute atomic E-state index is 12.3. The van der Waals surface area contributed by atoms with Crippen LogP contribution < -0.4 is 4.74 Å². The summed E-state index contributed by atoms with van der Waals surface area (Å²) in [4.78, 5) is 23.6. The molecular weight excluding hydrogens is 332 g/mol. The second kappa shape index (κ2) is 8.52. The first-order chi connectivity index (χ1) is 12.3. The van der Waals surface area contributed by atoms with Gasteiger partial charge in [-0.1, -0.05) is 30.3 Å². The van der Waals surface area contributed by atoms with Crippen molar-refractivity contribution in [3.05, 3.63) is 65.2 Å². The van der Waals surface area contributed by atoms with Crippen LogP contribution in [0.5, 0.6) is 5.75 Å². The third-order valence-electron chi connectivity index (χ3n) is 3.53. The summed E-state index contributed by atoms with van der Waals surface area (Å²) in [5, 5.41) is 0. The first kappa shape index (κ1) is 19.5. The van der Waals surface area contributed by atoms with Crippen LogP contribution in [0.3, 0.4) is 0 Å². The van der Waals surface area contributed by atoms with Crippen LogP contribution in [-0.4, -0.2) is 24.6 Å². The predicted molar refractivity (Wildman–Crippen MR) is 98.1 cm³/mol. The summed E-state index contributed by atoms with van der Waals surface area (Å²) in [5.41, 5.74) is 1.53. The maximum atomic E-state index is 12.3. The molecule has 0 saturated carbocycles. The summed E-state index contributed by atoms with van der Waals surface area (Å²) < 4.78 is 15.9. The lowest BCUT2D eigenvalue weighted by molar-refractivity contribution is -0.139. The Bertz CT molecular complexity index is 757. The second-order valence-electron chi connectivity index (χ2n) is 6.84. The van der Waals surface area contributed by atoms with E-state index in [2.05, 4.69) is 4.74 Å². The molecule has 2 aromatic rings. The molecule has 0 radical (unpaired) electrons. The first-order valence-electron chi connectivity index (χ1n) is 8.38. The van der Waals surface area contributed by atoms with Crippen LogP contribution in [0.1, 0.15) is 42.3 Å². The van der Waals surface area contributed by atoms with E-state index in [9.17, 15) is 9.59 Å². The Morgan fingerprint density at radius 3 is 2.23 bits per heavy atom. The molecule has 138 valence electrons. The van der Waals surface area contributed by atoms with Gasteiger partial charge in [0.2, 0.25) is 0 Å². The number of esters is 2. The Balaban J connectivity index is 2.03. The molecule has 2 aromatic carbocycles. The Hall–Kier alpha value is -2.82. The number of ether oxygens (including phenoxy) is 3. The third kappa shape index (κ3) is 5.92. The molecule has 0 aliphatic carbocycles. The molecule has 0 heterocycles. The fourth-order valence-corrected chi connectivity index (χ4v) is 2.28. The normalized spacial score (nSPS) is 10.9. The van der Waals surface area contributed by atoms with Crippen molar-refractivity contribution in [2.75, 3.05) is 7.11 Å². The van der Waals surface area contributed by atoms with Crippen molar-refractivity contribution in [2.24, 2.45) is 0 Å². The molecule has 0 N–H and O–H groups in total. The van der Waals surface area contributed by atoms with Gasteiger partial charge in [0.05, 0.1) is 19.1 Å². The standard InChI is InChI=1S/C21H24O5/c1-21(2,3)26-20(23)18-8-6-5-7-16(18)14-25-17-11-9-15(10-12-17)13-19(22)24-4/h5-12H,13-14H2,1-4H3. The highest BCUT2D eigenvalue weighted by molar-refractivity contribution is 5.91. The number of carbonyl (C=O) groups is 2. The summed E-state index contributed by atoms with van der Waals surface area (Å²) in [5.74, 6) is -0.00677. The third-order valence-corrected chi connectivity index (χ3v) is 3.53. The van der Waals surface area contributed by atoms with Crippen molar-refractivity contribution in [3.8, 4) is 5.75 Å². The molecule has 5 heteroatoms. The van der Waals surface area contributed by atoms with E-state index >= 15 is 0 Å². The molecule has 0 aliphatic heterocycles. The molecule has 0 bridgehead atoms. The zero-order chi connectivity index (χ0) is 19.2. The summed E-state index contributed by atoms with van der Waals surface area (Å²) >= 11 is 0. The van der Waals surface area contributed by atoms with Crippen LogP contribution in [0.25, 0.3) is 0 Å².